The van der Waals surface area contributed by atoms with Crippen LogP contribution in [0, 0.1) is 0 Å². The third-order valence-corrected chi connectivity index (χ3v) is 6.07. The number of piperazine rings is 1. The molecule has 4 aromatic rings. The van der Waals surface area contributed by atoms with Crippen LogP contribution in [-0.2, 0) is 6.54 Å². The van der Waals surface area contributed by atoms with Crippen molar-refractivity contribution in [2.75, 3.05) is 32.7 Å². The quantitative estimate of drug-likeness (QED) is 0.524. The average molecular weight is 415 g/mol. The van der Waals surface area contributed by atoms with Crippen molar-refractivity contribution in [2.45, 2.75) is 13.5 Å². The summed E-state index contributed by atoms with van der Waals surface area (Å²) >= 11 is 0. The van der Waals surface area contributed by atoms with Gasteiger partial charge >= 0.3 is 0 Å². The maximum Gasteiger partial charge on any atom is 0.273 e. The van der Waals surface area contributed by atoms with Crippen LogP contribution >= 0.6 is 0 Å². The van der Waals surface area contributed by atoms with Crippen LogP contribution in [0.15, 0.2) is 59.7 Å². The molecule has 31 heavy (non-hydrogen) atoms. The van der Waals surface area contributed by atoms with E-state index in [1.165, 1.54) is 5.56 Å². The van der Waals surface area contributed by atoms with Gasteiger partial charge in [0.2, 0.25) is 0 Å². The Labute approximate surface area is 180 Å². The first kappa shape index (κ1) is 19.7. The molecule has 0 unspecified atom stereocenters. The Bertz CT molecular complexity index is 1240. The fourth-order valence-corrected chi connectivity index (χ4v) is 4.22. The fraction of sp³-hybridized carbons (Fsp3) is 0.292. The molecule has 0 atom stereocenters. The largest absolute Gasteiger partial charge is 0.354 e. The molecule has 0 saturated carbocycles. The third kappa shape index (κ3) is 4.15. The number of hydrogen-bond donors (Lipinski definition) is 2. The van der Waals surface area contributed by atoms with Crippen LogP contribution in [0.1, 0.15) is 12.5 Å². The lowest BCUT2D eigenvalue weighted by atomic mass is 10.1. The van der Waals surface area contributed by atoms with Gasteiger partial charge in [-0.2, -0.15) is 5.10 Å². The van der Waals surface area contributed by atoms with Gasteiger partial charge in [0.1, 0.15) is 0 Å². The SMILES string of the molecule is CCN1CCN(Cc2ccc3[nH]c(-c4cc(-c5ccncc5)n[nH]c4=O)cc3c2)CC1. The highest BCUT2D eigenvalue weighted by Gasteiger charge is 2.16. The number of benzene rings is 1. The lowest BCUT2D eigenvalue weighted by Crippen LogP contribution is -2.45. The molecule has 0 spiro atoms. The van der Waals surface area contributed by atoms with Gasteiger partial charge in [0.05, 0.1) is 17.0 Å². The predicted octanol–water partition coefficient (Wildman–Crippen LogP) is 3.12. The van der Waals surface area contributed by atoms with Crippen LogP contribution in [0.2, 0.25) is 0 Å². The first-order valence-corrected chi connectivity index (χ1v) is 10.8. The van der Waals surface area contributed by atoms with Crippen molar-refractivity contribution in [1.82, 2.24) is 30.0 Å². The van der Waals surface area contributed by atoms with E-state index >= 15 is 0 Å². The highest BCUT2D eigenvalue weighted by molar-refractivity contribution is 5.86. The van der Waals surface area contributed by atoms with E-state index in [0.29, 0.717) is 11.3 Å². The normalized spacial score (nSPS) is 15.5. The number of hydrogen-bond acceptors (Lipinski definition) is 5. The van der Waals surface area contributed by atoms with E-state index in [1.807, 2.05) is 18.2 Å². The number of fused-ring (bicyclic) bond motifs is 1. The zero-order valence-electron chi connectivity index (χ0n) is 17.6. The first-order chi connectivity index (χ1) is 15.2. The molecule has 4 heterocycles. The molecule has 0 aliphatic carbocycles. The van der Waals surface area contributed by atoms with Crippen molar-refractivity contribution in [3.8, 4) is 22.5 Å². The summed E-state index contributed by atoms with van der Waals surface area (Å²) < 4.78 is 0. The monoisotopic (exact) mass is 414 g/mol. The number of likely N-dealkylation sites (N-methyl/N-ethyl adjacent to an activating group) is 1. The van der Waals surface area contributed by atoms with E-state index in [0.717, 1.165) is 61.4 Å². The highest BCUT2D eigenvalue weighted by Crippen LogP contribution is 2.25. The highest BCUT2D eigenvalue weighted by atomic mass is 16.1. The van der Waals surface area contributed by atoms with Crippen LogP contribution in [0.4, 0.5) is 0 Å². The molecule has 7 heteroatoms. The van der Waals surface area contributed by atoms with Gasteiger partial charge in [0, 0.05) is 61.6 Å². The van der Waals surface area contributed by atoms with E-state index in [4.69, 9.17) is 0 Å². The van der Waals surface area contributed by atoms with Crippen LogP contribution in [0.3, 0.4) is 0 Å². The fourth-order valence-electron chi connectivity index (χ4n) is 4.22. The van der Waals surface area contributed by atoms with E-state index in [9.17, 15) is 4.79 Å². The van der Waals surface area contributed by atoms with E-state index in [1.54, 1.807) is 12.4 Å². The molecular formula is C24H26N6O. The minimum atomic E-state index is -0.210. The molecule has 158 valence electrons. The summed E-state index contributed by atoms with van der Waals surface area (Å²) in [5.74, 6) is 0. The van der Waals surface area contributed by atoms with Crippen molar-refractivity contribution >= 4 is 10.9 Å². The summed E-state index contributed by atoms with van der Waals surface area (Å²) in [5.41, 5.74) is 5.10. The maximum atomic E-state index is 12.5. The number of aromatic amines is 2. The molecule has 1 fully saturated rings. The second kappa shape index (κ2) is 8.45. The van der Waals surface area contributed by atoms with Gasteiger partial charge in [0.25, 0.3) is 5.56 Å². The molecule has 5 rings (SSSR count). The van der Waals surface area contributed by atoms with Gasteiger partial charge in [-0.1, -0.05) is 13.0 Å². The van der Waals surface area contributed by atoms with Crippen molar-refractivity contribution in [2.24, 2.45) is 0 Å². The second-order valence-corrected chi connectivity index (χ2v) is 8.05. The van der Waals surface area contributed by atoms with E-state index in [2.05, 4.69) is 61.2 Å². The summed E-state index contributed by atoms with van der Waals surface area (Å²) in [6.45, 7) is 8.79. The number of nitrogens with one attached hydrogen (secondary N) is 2. The van der Waals surface area contributed by atoms with Crippen LogP contribution in [-0.4, -0.2) is 62.7 Å². The molecule has 0 radical (unpaired) electrons. The molecular weight excluding hydrogens is 388 g/mol. The van der Waals surface area contributed by atoms with E-state index < -0.39 is 0 Å². The Kier molecular flexibility index (Phi) is 5.36. The molecule has 1 aromatic carbocycles. The van der Waals surface area contributed by atoms with Gasteiger partial charge in [-0.15, -0.1) is 0 Å². The second-order valence-electron chi connectivity index (χ2n) is 8.05. The van der Waals surface area contributed by atoms with Crippen molar-refractivity contribution in [3.05, 3.63) is 70.8 Å². The predicted molar refractivity (Wildman–Crippen MR) is 123 cm³/mol. The molecule has 1 aliphatic heterocycles. The standard InChI is InChI=1S/C24H26N6O/c1-2-29-9-11-30(12-10-29)16-17-3-4-21-19(13-17)14-23(26-21)20-15-22(27-28-24(20)31)18-5-7-25-8-6-18/h3-8,13-15,26H,2,9-12,16H2,1H3,(H,28,31). The maximum absolute atomic E-state index is 12.5. The van der Waals surface area contributed by atoms with Gasteiger partial charge in [0.15, 0.2) is 0 Å². The molecule has 2 N–H and O–H groups in total. The molecule has 0 amide bonds. The van der Waals surface area contributed by atoms with Gasteiger partial charge in [-0.25, -0.2) is 5.10 Å². The Morgan fingerprint density at radius 2 is 1.74 bits per heavy atom. The van der Waals surface area contributed by atoms with Crippen LogP contribution in [0.25, 0.3) is 33.4 Å². The summed E-state index contributed by atoms with van der Waals surface area (Å²) in [5, 5.41) is 7.93. The Hall–Kier alpha value is -3.29. The van der Waals surface area contributed by atoms with Crippen LogP contribution in [0.5, 0.6) is 0 Å². The first-order valence-electron chi connectivity index (χ1n) is 10.8. The molecule has 1 aliphatic rings. The lowest BCUT2D eigenvalue weighted by Gasteiger charge is -2.34. The van der Waals surface area contributed by atoms with Crippen LogP contribution < -0.4 is 5.56 Å². The van der Waals surface area contributed by atoms with Gasteiger partial charge in [-0.05, 0) is 48.5 Å². The Morgan fingerprint density at radius 1 is 0.968 bits per heavy atom. The number of nitrogens with zero attached hydrogens (tertiary/aromatic N) is 4. The van der Waals surface area contributed by atoms with Gasteiger partial charge < -0.3 is 9.88 Å². The van der Waals surface area contributed by atoms with Crippen molar-refractivity contribution in [1.29, 1.82) is 0 Å². The minimum Gasteiger partial charge on any atom is -0.354 e. The number of rotatable bonds is 5. The number of H-pyrrole nitrogens is 2. The average Bonchev–Trinajstić information content (AvgIpc) is 3.24. The van der Waals surface area contributed by atoms with E-state index in [-0.39, 0.29) is 5.56 Å². The molecule has 1 saturated heterocycles. The topological polar surface area (TPSA) is 80.9 Å². The smallest absolute Gasteiger partial charge is 0.273 e. The Balaban J connectivity index is 1.41. The third-order valence-electron chi connectivity index (χ3n) is 6.07. The molecule has 0 bridgehead atoms. The summed E-state index contributed by atoms with van der Waals surface area (Å²) in [7, 11) is 0. The summed E-state index contributed by atoms with van der Waals surface area (Å²) in [4.78, 5) is 24.9. The lowest BCUT2D eigenvalue weighted by molar-refractivity contribution is 0.132. The zero-order chi connectivity index (χ0) is 21.2. The van der Waals surface area contributed by atoms with Crippen molar-refractivity contribution < 1.29 is 0 Å². The molecule has 3 aromatic heterocycles. The van der Waals surface area contributed by atoms with Gasteiger partial charge in [-0.3, -0.25) is 14.7 Å². The number of pyridine rings is 1. The number of aromatic nitrogens is 4. The minimum absolute atomic E-state index is 0.210. The summed E-state index contributed by atoms with van der Waals surface area (Å²) in [6.07, 6.45) is 3.43. The summed E-state index contributed by atoms with van der Waals surface area (Å²) in [6, 6.07) is 14.1. The molecule has 7 nitrogen and oxygen atoms in total. The Morgan fingerprint density at radius 3 is 2.52 bits per heavy atom. The zero-order valence-corrected chi connectivity index (χ0v) is 17.6. The van der Waals surface area contributed by atoms with Crippen molar-refractivity contribution in [3.63, 3.8) is 0 Å².